The molecule has 192 valence electrons. The maximum atomic E-state index is 13.6. The van der Waals surface area contributed by atoms with Crippen LogP contribution in [-0.4, -0.2) is 85.5 Å². The lowest BCUT2D eigenvalue weighted by Crippen LogP contribution is -2.50. The quantitative estimate of drug-likeness (QED) is 0.470. The first-order valence-electron chi connectivity index (χ1n) is 12.3. The van der Waals surface area contributed by atoms with Crippen molar-refractivity contribution in [1.82, 2.24) is 25.0 Å². The molecular formula is C26H28N6O4S. The van der Waals surface area contributed by atoms with Crippen LogP contribution in [0.4, 0.5) is 0 Å². The van der Waals surface area contributed by atoms with Crippen molar-refractivity contribution in [3.05, 3.63) is 59.7 Å². The number of aliphatic carboxylic acids is 1. The summed E-state index contributed by atoms with van der Waals surface area (Å²) in [6.07, 6.45) is 0.198. The van der Waals surface area contributed by atoms with Crippen LogP contribution in [0.2, 0.25) is 0 Å². The minimum atomic E-state index is -1.09. The smallest absolute Gasteiger partial charge is 0.314 e. The summed E-state index contributed by atoms with van der Waals surface area (Å²) in [5.74, 6) is -2.42. The van der Waals surface area contributed by atoms with E-state index < -0.39 is 17.9 Å². The third-order valence-electron chi connectivity index (χ3n) is 7.05. The van der Waals surface area contributed by atoms with Crippen LogP contribution in [0.5, 0.6) is 0 Å². The van der Waals surface area contributed by atoms with Gasteiger partial charge in [0.05, 0.1) is 6.04 Å². The SMILES string of the molecule is CC1=NC(=S)N(C(=O)CCN2CCN(Cc3ccccc3)CC2)C(c2cccc3nonc23)C1C(=O)O. The molecule has 0 spiro atoms. The van der Waals surface area contributed by atoms with Gasteiger partial charge in [0, 0.05) is 57.0 Å². The summed E-state index contributed by atoms with van der Waals surface area (Å²) in [4.78, 5) is 36.2. The van der Waals surface area contributed by atoms with Crippen molar-refractivity contribution >= 4 is 46.0 Å². The minimum Gasteiger partial charge on any atom is -0.481 e. The van der Waals surface area contributed by atoms with E-state index in [0.29, 0.717) is 28.9 Å². The van der Waals surface area contributed by atoms with E-state index in [0.717, 1.165) is 32.7 Å². The summed E-state index contributed by atoms with van der Waals surface area (Å²) < 4.78 is 4.89. The average Bonchev–Trinajstić information content (AvgIpc) is 3.37. The zero-order valence-corrected chi connectivity index (χ0v) is 21.3. The molecule has 1 aromatic heterocycles. The van der Waals surface area contributed by atoms with Gasteiger partial charge < -0.3 is 10.0 Å². The van der Waals surface area contributed by atoms with Crippen LogP contribution in [0.3, 0.4) is 0 Å². The first kappa shape index (κ1) is 25.1. The standard InChI is InChI=1S/C26H28N6O4S/c1-17-22(25(34)35)24(19-8-5-9-20-23(19)29-36-28-20)32(26(37)27-17)21(33)10-11-30-12-14-31(15-13-30)16-18-6-3-2-4-7-18/h2-9,22,24H,10-16H2,1H3,(H,34,35). The lowest BCUT2D eigenvalue weighted by molar-refractivity contribution is -0.142. The van der Waals surface area contributed by atoms with Gasteiger partial charge in [0.1, 0.15) is 17.0 Å². The van der Waals surface area contributed by atoms with Crippen molar-refractivity contribution in [2.75, 3.05) is 32.7 Å². The zero-order valence-electron chi connectivity index (χ0n) is 20.5. The van der Waals surface area contributed by atoms with Gasteiger partial charge in [-0.2, -0.15) is 0 Å². The molecule has 2 aliphatic heterocycles. The third-order valence-corrected chi connectivity index (χ3v) is 7.34. The molecule has 1 amide bonds. The fourth-order valence-corrected chi connectivity index (χ4v) is 5.48. The maximum Gasteiger partial charge on any atom is 0.314 e. The number of aromatic nitrogens is 2. The molecule has 5 rings (SSSR count). The van der Waals surface area contributed by atoms with Crippen molar-refractivity contribution in [3.63, 3.8) is 0 Å². The summed E-state index contributed by atoms with van der Waals surface area (Å²) in [5, 5.41) is 18.0. The van der Waals surface area contributed by atoms with Gasteiger partial charge in [0.25, 0.3) is 0 Å². The number of thiocarbonyl (C=S) groups is 1. The molecule has 1 saturated heterocycles. The lowest BCUT2D eigenvalue weighted by atomic mass is 9.86. The molecule has 2 aromatic carbocycles. The van der Waals surface area contributed by atoms with E-state index in [-0.39, 0.29) is 17.4 Å². The number of hydrogen-bond donors (Lipinski definition) is 1. The minimum absolute atomic E-state index is 0.0612. The van der Waals surface area contributed by atoms with E-state index in [1.807, 2.05) is 6.07 Å². The van der Waals surface area contributed by atoms with Gasteiger partial charge in [-0.05, 0) is 41.1 Å². The molecule has 37 heavy (non-hydrogen) atoms. The Morgan fingerprint density at radius 1 is 1.03 bits per heavy atom. The van der Waals surface area contributed by atoms with E-state index in [1.54, 1.807) is 25.1 Å². The van der Waals surface area contributed by atoms with Gasteiger partial charge in [-0.15, -0.1) is 0 Å². The zero-order chi connectivity index (χ0) is 25.9. The number of hydrogen-bond acceptors (Lipinski definition) is 8. The number of carbonyl (C=O) groups is 2. The number of carboxylic acids is 1. The highest BCUT2D eigenvalue weighted by Gasteiger charge is 2.44. The second-order valence-corrected chi connectivity index (χ2v) is 9.76. The summed E-state index contributed by atoms with van der Waals surface area (Å²) in [7, 11) is 0. The van der Waals surface area contributed by atoms with Gasteiger partial charge in [0.2, 0.25) is 11.0 Å². The molecule has 1 N–H and O–H groups in total. The fourth-order valence-electron chi connectivity index (χ4n) is 5.12. The number of rotatable bonds is 7. The molecule has 0 bridgehead atoms. The number of fused-ring (bicyclic) bond motifs is 1. The van der Waals surface area contributed by atoms with Crippen molar-refractivity contribution in [2.45, 2.75) is 25.9 Å². The van der Waals surface area contributed by atoms with Crippen LogP contribution in [0.15, 0.2) is 58.2 Å². The lowest BCUT2D eigenvalue weighted by Gasteiger charge is -2.39. The Morgan fingerprint density at radius 3 is 2.49 bits per heavy atom. The molecule has 2 unspecified atom stereocenters. The van der Waals surface area contributed by atoms with Crippen LogP contribution < -0.4 is 0 Å². The number of benzene rings is 2. The second-order valence-electron chi connectivity index (χ2n) is 9.39. The third kappa shape index (κ3) is 5.29. The molecular weight excluding hydrogens is 492 g/mol. The van der Waals surface area contributed by atoms with E-state index in [4.69, 9.17) is 16.8 Å². The topological polar surface area (TPSA) is 115 Å². The highest BCUT2D eigenvalue weighted by Crippen LogP contribution is 2.37. The predicted molar refractivity (Wildman–Crippen MR) is 141 cm³/mol. The van der Waals surface area contributed by atoms with Gasteiger partial charge in [-0.1, -0.05) is 42.5 Å². The van der Waals surface area contributed by atoms with E-state index in [9.17, 15) is 14.7 Å². The van der Waals surface area contributed by atoms with E-state index in [1.165, 1.54) is 10.5 Å². The Hall–Kier alpha value is -3.54. The molecule has 11 heteroatoms. The monoisotopic (exact) mass is 520 g/mol. The number of aliphatic imine (C=N–C) groups is 1. The normalized spacial score (nSPS) is 21.3. The van der Waals surface area contributed by atoms with Crippen molar-refractivity contribution in [3.8, 4) is 0 Å². The Morgan fingerprint density at radius 2 is 1.76 bits per heavy atom. The van der Waals surface area contributed by atoms with Gasteiger partial charge in [-0.3, -0.25) is 19.4 Å². The van der Waals surface area contributed by atoms with E-state index >= 15 is 0 Å². The Labute approximate surface area is 219 Å². The van der Waals surface area contributed by atoms with Crippen molar-refractivity contribution in [2.24, 2.45) is 10.9 Å². The molecule has 0 saturated carbocycles. The molecule has 2 atom stereocenters. The summed E-state index contributed by atoms with van der Waals surface area (Å²) in [6.45, 7) is 6.63. The predicted octanol–water partition coefficient (Wildman–Crippen LogP) is 2.76. The van der Waals surface area contributed by atoms with E-state index in [2.05, 4.69) is 49.4 Å². The van der Waals surface area contributed by atoms with Crippen LogP contribution >= 0.6 is 12.2 Å². The average molecular weight is 521 g/mol. The first-order valence-corrected chi connectivity index (χ1v) is 12.7. The van der Waals surface area contributed by atoms with Crippen LogP contribution in [-0.2, 0) is 16.1 Å². The van der Waals surface area contributed by atoms with Crippen molar-refractivity contribution in [1.29, 1.82) is 0 Å². The molecule has 3 aromatic rings. The number of amides is 1. The Balaban J connectivity index is 1.30. The van der Waals surface area contributed by atoms with Crippen LogP contribution in [0.25, 0.3) is 11.0 Å². The van der Waals surface area contributed by atoms with Crippen LogP contribution in [0.1, 0.15) is 30.5 Å². The number of carbonyl (C=O) groups excluding carboxylic acids is 1. The highest BCUT2D eigenvalue weighted by atomic mass is 32.1. The Kier molecular flexibility index (Phi) is 7.36. The second kappa shape index (κ2) is 10.8. The Bertz CT molecular complexity index is 1340. The number of piperazine rings is 1. The number of nitrogens with zero attached hydrogens (tertiary/aromatic N) is 6. The summed E-state index contributed by atoms with van der Waals surface area (Å²) in [5.41, 5.74) is 3.04. The number of carboxylic acid groups (broad SMARTS) is 1. The molecule has 0 radical (unpaired) electrons. The van der Waals surface area contributed by atoms with Crippen molar-refractivity contribution < 1.29 is 19.3 Å². The summed E-state index contributed by atoms with van der Waals surface area (Å²) in [6, 6.07) is 14.7. The highest BCUT2D eigenvalue weighted by molar-refractivity contribution is 7.80. The molecule has 3 heterocycles. The largest absolute Gasteiger partial charge is 0.481 e. The van der Waals surface area contributed by atoms with Gasteiger partial charge in [0.15, 0.2) is 0 Å². The summed E-state index contributed by atoms with van der Waals surface area (Å²) >= 11 is 5.49. The molecule has 2 aliphatic rings. The van der Waals surface area contributed by atoms with Gasteiger partial charge >= 0.3 is 5.97 Å². The maximum absolute atomic E-state index is 13.6. The van der Waals surface area contributed by atoms with Crippen LogP contribution in [0, 0.1) is 5.92 Å². The molecule has 0 aliphatic carbocycles. The molecule has 10 nitrogen and oxygen atoms in total. The first-order chi connectivity index (χ1) is 17.9. The molecule has 1 fully saturated rings. The van der Waals surface area contributed by atoms with Gasteiger partial charge in [-0.25, -0.2) is 9.62 Å². The fraction of sp³-hybridized carbons (Fsp3) is 0.385.